The van der Waals surface area contributed by atoms with Crippen LogP contribution in [0.1, 0.15) is 245 Å². The van der Waals surface area contributed by atoms with Gasteiger partial charge in [0.25, 0.3) is 0 Å². The van der Waals surface area contributed by atoms with Crippen molar-refractivity contribution in [1.82, 2.24) is 41.3 Å². The fourth-order valence-corrected chi connectivity index (χ4v) is 21.3. The van der Waals surface area contributed by atoms with E-state index in [0.717, 1.165) is 121 Å². The first-order valence-corrected chi connectivity index (χ1v) is 49.1. The number of halogens is 4. The van der Waals surface area contributed by atoms with Crippen molar-refractivity contribution >= 4 is 29.7 Å². The Balaban J connectivity index is 0.000000190. The van der Waals surface area contributed by atoms with Crippen LogP contribution < -0.4 is 43.4 Å². The number of nitrogens with two attached hydrogens (primary N) is 2. The average Bonchev–Trinajstić information content (AvgIpc) is 0.856. The van der Waals surface area contributed by atoms with Crippen molar-refractivity contribution in [2.75, 3.05) is 119 Å². The van der Waals surface area contributed by atoms with Gasteiger partial charge < -0.3 is 73.1 Å². The third kappa shape index (κ3) is 39.6. The molecule has 4 aliphatic heterocycles. The Hall–Kier alpha value is -6.56. The number of likely N-dealkylation sites (tertiary alicyclic amines) is 3. The summed E-state index contributed by atoms with van der Waals surface area (Å²) in [6, 6.07) is 37.3. The number of nitrogens with one attached hydrogen (secondary N) is 6. The lowest BCUT2D eigenvalue weighted by Gasteiger charge is -2.39. The third-order valence-corrected chi connectivity index (χ3v) is 28.7. The van der Waals surface area contributed by atoms with Crippen LogP contribution in [0, 0.1) is 82.4 Å². The molecule has 0 bridgehead atoms. The van der Waals surface area contributed by atoms with E-state index in [9.17, 15) is 31.9 Å². The Labute approximate surface area is 756 Å². The Morgan fingerprint density at radius 3 is 1.19 bits per heavy atom. The van der Waals surface area contributed by atoms with E-state index in [-0.39, 0.29) is 59.7 Å². The van der Waals surface area contributed by atoms with E-state index in [4.69, 9.17) is 21.7 Å². The maximum absolute atomic E-state index is 13.2. The molecule has 5 aromatic rings. The summed E-state index contributed by atoms with van der Waals surface area (Å²) in [6.45, 7) is 18.1. The van der Waals surface area contributed by atoms with Gasteiger partial charge in [0, 0.05) is 113 Å². The van der Waals surface area contributed by atoms with Crippen LogP contribution >= 0.6 is 0 Å². The topological polar surface area (TPSA) is 238 Å². The van der Waals surface area contributed by atoms with Gasteiger partial charge in [-0.1, -0.05) is 138 Å². The zero-order valence-corrected chi connectivity index (χ0v) is 77.8. The van der Waals surface area contributed by atoms with Gasteiger partial charge in [-0.05, 0) is 364 Å². The van der Waals surface area contributed by atoms with Crippen molar-refractivity contribution in [3.05, 3.63) is 179 Å². The molecule has 0 unspecified atom stereocenters. The van der Waals surface area contributed by atoms with Crippen molar-refractivity contribution in [3.8, 4) is 0 Å². The number of anilines is 1. The molecule has 16 atom stereocenters. The Morgan fingerprint density at radius 2 is 0.817 bits per heavy atom. The van der Waals surface area contributed by atoms with E-state index in [0.29, 0.717) is 77.5 Å². The molecule has 15 rings (SSSR count). The smallest absolute Gasteiger partial charge is 0.319 e. The second-order valence-electron chi connectivity index (χ2n) is 38.2. The lowest BCUT2D eigenvalue weighted by atomic mass is 9.83. The molecule has 21 heteroatoms. The number of hydrogen-bond donors (Lipinski definition) is 10. The largest absolute Gasteiger partial charge is 0.396 e. The van der Waals surface area contributed by atoms with Crippen molar-refractivity contribution in [3.63, 3.8) is 0 Å². The lowest BCUT2D eigenvalue weighted by Crippen LogP contribution is -2.49. The molecule has 5 aromatic carbocycles. The van der Waals surface area contributed by atoms with Crippen LogP contribution in [0.2, 0.25) is 0 Å². The Kier molecular flexibility index (Phi) is 50.2. The minimum atomic E-state index is -0.203. The van der Waals surface area contributed by atoms with Crippen LogP contribution in [-0.4, -0.2) is 199 Å². The van der Waals surface area contributed by atoms with Crippen LogP contribution in [0.25, 0.3) is 0 Å². The number of nitrogens with zero attached hydrogens (tertiary/aromatic N) is 4. The predicted octanol–water partition coefficient (Wildman–Crippen LogP) is 18.2. The molecular weight excluding hydrogens is 1590 g/mol. The Morgan fingerprint density at radius 1 is 0.460 bits per heavy atom. The molecule has 6 aliphatic carbocycles. The normalized spacial score (nSPS) is 27.6. The first-order valence-electron chi connectivity index (χ1n) is 49.1. The molecule has 2 amide bonds. The Bertz CT molecular complexity index is 3790. The zero-order chi connectivity index (χ0) is 90.1. The first kappa shape index (κ1) is 105. The number of amides is 2. The minimum Gasteiger partial charge on any atom is -0.396 e. The summed E-state index contributed by atoms with van der Waals surface area (Å²) in [5.41, 5.74) is 18.3. The van der Waals surface area contributed by atoms with Gasteiger partial charge in [-0.15, -0.1) is 0 Å². The molecule has 0 spiro atoms. The predicted molar refractivity (Wildman–Crippen MR) is 511 cm³/mol. The van der Waals surface area contributed by atoms with Crippen LogP contribution in [0.15, 0.2) is 133 Å². The van der Waals surface area contributed by atoms with Gasteiger partial charge >= 0.3 is 6.03 Å². The summed E-state index contributed by atoms with van der Waals surface area (Å²) >= 11 is 0. The molecule has 4 heterocycles. The van der Waals surface area contributed by atoms with E-state index in [2.05, 4.69) is 71.1 Å². The number of aliphatic hydroxyl groups excluding tert-OH is 2. The first-order chi connectivity index (χ1) is 61.3. The second kappa shape index (κ2) is 60.4. The maximum Gasteiger partial charge on any atom is 0.319 e. The number of rotatable bonds is 23. The molecular formula is C105H164F4N12O5. The number of piperidine rings is 4. The highest BCUT2D eigenvalue weighted by Gasteiger charge is 2.34. The summed E-state index contributed by atoms with van der Waals surface area (Å²) in [5.74, 6) is 7.58. The second-order valence-corrected chi connectivity index (χ2v) is 38.2. The van der Waals surface area contributed by atoms with Gasteiger partial charge in [-0.3, -0.25) is 4.79 Å². The molecule has 12 N–H and O–H groups in total. The van der Waals surface area contributed by atoms with Gasteiger partial charge in [0.05, 0.1) is 0 Å². The number of aliphatic imine (C=N–C) groups is 1. The van der Waals surface area contributed by atoms with Crippen molar-refractivity contribution in [2.24, 2.45) is 75.6 Å². The van der Waals surface area contributed by atoms with Crippen LogP contribution in [0.5, 0.6) is 0 Å². The standard InChI is InChI=1S/C28H36FN3O2.C20H31FN2.C19H29FN2.C12H16FN.C8H17NO.C8H15NO.C7H15NO.C3H5N/c1-20(33)23-8-4-9-26(17-23)30-28(34)31-27-10-3-2-7-24(27)19-32-15-5-6-22(18-32)16-21-11-13-25(29)14-12-21;1-22-20-7-3-2-6-18(20)15-23-12-4-5-17(14-23)13-16-8-10-19(21)11-9-16;20-18-9-7-15(8-10-18)12-16-4-3-11-22(13-16)14-17-5-1-2-6-19(17)21;13-12-5-3-10(4-6-12)8-11-2-1-7-14-9-11;2*1-9-8-5-3-2-4-7(8)6-10;8-7-4-2-1-3-6(7)5-9;1-3-4-2/h4,8-9,11-14,17,22,24,27H,2-3,5-7,10,15-16,18-19H2,1H3,(H2,30,31,34);8-11,17-18,20,22H,2-7,12-15H2,1H3;7-10,16-17,19H,1-6,11-14,21H2;3-6,11,14H,1-2,7-9H2;7-10H,2-6H2,1H3;6-9H,2-5H2,1H3;6-7,9H,1-5,8H2;1H2,2H3/t22-,24-,27+;17-,18-,20+;16-,17-,19+;11-;2*7-,8+;6-,7+;/m0000000./s1. The highest BCUT2D eigenvalue weighted by molar-refractivity contribution is 5.96. The monoisotopic (exact) mass is 1750 g/mol. The number of aldehydes is 1. The number of Topliss-reactive ketones (excluding diaryl/α,β-unsaturated/α-hetero) is 1. The number of carbonyl (C=O) groups is 3. The van der Waals surface area contributed by atoms with Crippen LogP contribution in [-0.2, 0) is 30.5 Å². The quantitative estimate of drug-likeness (QED) is 0.0127. The van der Waals surface area contributed by atoms with Crippen LogP contribution in [0.3, 0.4) is 0 Å². The molecule has 6 saturated carbocycles. The summed E-state index contributed by atoms with van der Waals surface area (Å²) in [5, 5.41) is 37.2. The van der Waals surface area contributed by atoms with E-state index in [1.165, 1.54) is 235 Å². The molecule has 17 nitrogen and oxygen atoms in total. The van der Waals surface area contributed by atoms with Gasteiger partial charge in [0.15, 0.2) is 5.78 Å². The van der Waals surface area contributed by atoms with E-state index >= 15 is 0 Å². The number of urea groups is 1. The van der Waals surface area contributed by atoms with Gasteiger partial charge in [-0.2, -0.15) is 0 Å². The number of carbonyl (C=O) groups excluding carboxylic acids is 3. The van der Waals surface area contributed by atoms with Gasteiger partial charge in [-0.25, -0.2) is 27.3 Å². The van der Waals surface area contributed by atoms with Crippen molar-refractivity contribution in [1.29, 1.82) is 0 Å². The highest BCUT2D eigenvalue weighted by atomic mass is 19.1. The maximum atomic E-state index is 13.2. The number of hydrogen-bond acceptors (Lipinski definition) is 15. The van der Waals surface area contributed by atoms with Gasteiger partial charge in [0.1, 0.15) is 29.6 Å². The summed E-state index contributed by atoms with van der Waals surface area (Å²) in [7, 11) is 7.68. The molecule has 10 fully saturated rings. The molecule has 0 aromatic heterocycles. The fraction of sp³-hybridized carbons (Fsp3) is 0.667. The van der Waals surface area contributed by atoms with E-state index < -0.39 is 0 Å². The molecule has 4 saturated heterocycles. The summed E-state index contributed by atoms with van der Waals surface area (Å²) < 4.78 is 51.9. The SMILES string of the molecule is C=C=NC.CC(=O)c1cccc(NC(=O)N[C@@H]2CCCC[C@H]2CN2CCC[C@@H](Cc3ccc(F)cc3)C2)c1.CN[C@@H]1CCCC[C@H]1C=O.CN[C@@H]1CCCC[C@H]1CN1CCC[C@@H](Cc2ccc(F)cc2)C1.CN[C@@H]1CCCC[C@H]1CO.Fc1ccc(C[C@@H]2CCCNC2)cc1.N[C@@H]1CCCC[C@H]1CN1CCC[C@@H](Cc2ccc(F)cc2)C1.N[C@@H]1CCCC[C@H]1CO. The third-order valence-electron chi connectivity index (χ3n) is 28.7. The summed E-state index contributed by atoms with van der Waals surface area (Å²) in [4.78, 5) is 46.1. The molecule has 10 aliphatic rings. The van der Waals surface area contributed by atoms with Gasteiger partial charge in [0.2, 0.25) is 0 Å². The summed E-state index contributed by atoms with van der Waals surface area (Å²) in [6.07, 6.45) is 45.2. The minimum absolute atomic E-state index is 0.0179. The zero-order valence-electron chi connectivity index (χ0n) is 77.8. The molecule has 702 valence electrons. The van der Waals surface area contributed by atoms with Crippen molar-refractivity contribution < 1.29 is 42.2 Å². The highest BCUT2D eigenvalue weighted by Crippen LogP contribution is 2.34. The number of ketones is 1. The van der Waals surface area contributed by atoms with E-state index in [1.807, 2.05) is 62.6 Å². The number of aliphatic hydroxyl groups is 2. The molecule has 126 heavy (non-hydrogen) atoms. The lowest BCUT2D eigenvalue weighted by molar-refractivity contribution is -0.112. The average molecular weight is 1750 g/mol. The van der Waals surface area contributed by atoms with Crippen molar-refractivity contribution in [2.45, 2.75) is 274 Å². The van der Waals surface area contributed by atoms with E-state index in [1.54, 1.807) is 79.8 Å². The fourth-order valence-electron chi connectivity index (χ4n) is 21.3. The molecule has 0 radical (unpaired) electrons. The number of benzene rings is 5. The van der Waals surface area contributed by atoms with Crippen LogP contribution in [0.4, 0.5) is 28.0 Å².